The molecule has 1 unspecified atom stereocenters. The van der Waals surface area contributed by atoms with Crippen molar-refractivity contribution in [3.8, 4) is 5.69 Å². The Hall–Kier alpha value is -2.99. The fourth-order valence-electron chi connectivity index (χ4n) is 5.43. The number of hydrogen-bond donors (Lipinski definition) is 1. The van der Waals surface area contributed by atoms with Crippen molar-refractivity contribution >= 4 is 29.4 Å². The summed E-state index contributed by atoms with van der Waals surface area (Å²) in [6.45, 7) is 6.37. The molecule has 4 nitrogen and oxygen atoms in total. The van der Waals surface area contributed by atoms with Gasteiger partial charge < -0.3 is 14.8 Å². The molecule has 5 rings (SSSR count). The van der Waals surface area contributed by atoms with E-state index in [1.165, 1.54) is 25.0 Å². The summed E-state index contributed by atoms with van der Waals surface area (Å²) in [5, 5.41) is 3.60. The number of carbonyl (C=O) groups excluding carboxylic acids is 1. The maximum absolute atomic E-state index is 13.8. The van der Waals surface area contributed by atoms with Crippen LogP contribution in [0.25, 0.3) is 11.8 Å². The Morgan fingerprint density at radius 1 is 1.03 bits per heavy atom. The molecule has 1 N–H and O–H groups in total. The third-order valence-corrected chi connectivity index (χ3v) is 8.38. The number of para-hydroxylation sites is 1. The van der Waals surface area contributed by atoms with Gasteiger partial charge in [0.2, 0.25) is 0 Å². The largest absolute Gasteiger partial charge is 0.356 e. The maximum Gasteiger partial charge on any atom is 0.262 e. The van der Waals surface area contributed by atoms with Gasteiger partial charge in [0, 0.05) is 28.8 Å². The van der Waals surface area contributed by atoms with E-state index in [1.54, 1.807) is 23.9 Å². The van der Waals surface area contributed by atoms with Gasteiger partial charge in [-0.05, 0) is 86.7 Å². The van der Waals surface area contributed by atoms with Gasteiger partial charge in [0.15, 0.2) is 5.50 Å². The Bertz CT molecular complexity index is 1230. The van der Waals surface area contributed by atoms with E-state index in [9.17, 15) is 9.18 Å². The first-order valence-corrected chi connectivity index (χ1v) is 13.3. The van der Waals surface area contributed by atoms with Crippen LogP contribution in [0.3, 0.4) is 0 Å². The number of amides is 1. The fraction of sp³-hybridized carbons (Fsp3) is 0.345. The second-order valence-electron chi connectivity index (χ2n) is 9.67. The van der Waals surface area contributed by atoms with Crippen LogP contribution in [-0.4, -0.2) is 26.9 Å². The summed E-state index contributed by atoms with van der Waals surface area (Å²) in [6, 6.07) is 19.0. The van der Waals surface area contributed by atoms with Crippen LogP contribution in [0.5, 0.6) is 0 Å². The quantitative estimate of drug-likeness (QED) is 0.388. The lowest BCUT2D eigenvalue weighted by atomic mass is 9.85. The number of thioether (sulfide) groups is 1. The van der Waals surface area contributed by atoms with Gasteiger partial charge in [-0.15, -0.1) is 0 Å². The predicted molar refractivity (Wildman–Crippen MR) is 143 cm³/mol. The Morgan fingerprint density at radius 2 is 1.74 bits per heavy atom. The van der Waals surface area contributed by atoms with Crippen molar-refractivity contribution in [2.45, 2.75) is 58.0 Å². The van der Waals surface area contributed by atoms with Crippen LogP contribution >= 0.6 is 11.8 Å². The zero-order chi connectivity index (χ0) is 24.5. The SMILES string of the molecule is Cc1cc(/C=C2\SC(Nc3ccccc3)N([C@@H]3CCCC[C@H]3C)C2=O)c(C)n1-c1ccc(F)cc1. The van der Waals surface area contributed by atoms with Crippen LogP contribution in [0.1, 0.15) is 49.6 Å². The first-order valence-electron chi connectivity index (χ1n) is 12.4. The first kappa shape index (κ1) is 23.7. The van der Waals surface area contributed by atoms with Gasteiger partial charge in [-0.25, -0.2) is 4.39 Å². The summed E-state index contributed by atoms with van der Waals surface area (Å²) in [7, 11) is 0. The molecule has 2 aromatic carbocycles. The maximum atomic E-state index is 13.8. The zero-order valence-corrected chi connectivity index (χ0v) is 21.3. The summed E-state index contributed by atoms with van der Waals surface area (Å²) in [5.74, 6) is 0.338. The second kappa shape index (κ2) is 9.94. The Kier molecular flexibility index (Phi) is 6.74. The molecule has 0 bridgehead atoms. The molecule has 182 valence electrons. The number of nitrogens with zero attached hydrogens (tertiary/aromatic N) is 2. The fourth-order valence-corrected chi connectivity index (χ4v) is 6.63. The predicted octanol–water partition coefficient (Wildman–Crippen LogP) is 7.12. The molecule has 1 aliphatic carbocycles. The highest BCUT2D eigenvalue weighted by atomic mass is 32.2. The molecule has 1 aliphatic heterocycles. The molecular weight excluding hydrogens is 457 g/mol. The minimum absolute atomic E-state index is 0.105. The molecule has 0 spiro atoms. The number of halogens is 1. The number of carbonyl (C=O) groups is 1. The van der Waals surface area contributed by atoms with Crippen LogP contribution in [0.2, 0.25) is 0 Å². The molecule has 35 heavy (non-hydrogen) atoms. The van der Waals surface area contributed by atoms with E-state index in [0.717, 1.165) is 46.1 Å². The molecule has 1 aromatic heterocycles. The lowest BCUT2D eigenvalue weighted by Gasteiger charge is -2.39. The number of aromatic nitrogens is 1. The molecule has 2 fully saturated rings. The van der Waals surface area contributed by atoms with Gasteiger partial charge in [0.1, 0.15) is 5.82 Å². The van der Waals surface area contributed by atoms with Crippen molar-refractivity contribution in [3.63, 3.8) is 0 Å². The number of nitrogens with one attached hydrogen (secondary N) is 1. The highest BCUT2D eigenvalue weighted by Crippen LogP contribution is 2.42. The summed E-state index contributed by atoms with van der Waals surface area (Å²) in [5.41, 5.74) is 4.89. The standard InChI is InChI=1S/C29H32FN3OS/c1-19-9-7-8-12-26(19)33-28(34)27(35-29(33)31-24-10-5-4-6-11-24)18-22-17-20(2)32(21(22)3)25-15-13-23(30)14-16-25/h4-6,10-11,13-19,26,29,31H,7-9,12H2,1-3H3/b27-18-/t19-,26-,29?/m1/s1. The number of rotatable bonds is 5. The van der Waals surface area contributed by atoms with E-state index in [0.29, 0.717) is 5.92 Å². The van der Waals surface area contributed by atoms with E-state index in [4.69, 9.17) is 0 Å². The van der Waals surface area contributed by atoms with E-state index in [1.807, 2.05) is 50.3 Å². The highest BCUT2D eigenvalue weighted by Gasteiger charge is 2.43. The summed E-state index contributed by atoms with van der Waals surface area (Å²) < 4.78 is 15.6. The summed E-state index contributed by atoms with van der Waals surface area (Å²) in [6.07, 6.45) is 6.64. The molecule has 3 atom stereocenters. The lowest BCUT2D eigenvalue weighted by Crippen LogP contribution is -2.48. The van der Waals surface area contributed by atoms with Crippen molar-refractivity contribution in [1.82, 2.24) is 9.47 Å². The van der Waals surface area contributed by atoms with E-state index in [-0.39, 0.29) is 23.3 Å². The number of hydrogen-bond acceptors (Lipinski definition) is 3. The lowest BCUT2D eigenvalue weighted by molar-refractivity contribution is -0.129. The third kappa shape index (κ3) is 4.76. The van der Waals surface area contributed by atoms with Gasteiger partial charge in [-0.1, -0.05) is 49.7 Å². The molecule has 1 amide bonds. The Labute approximate surface area is 211 Å². The molecular formula is C29H32FN3OS. The third-order valence-electron chi connectivity index (χ3n) is 7.27. The molecule has 1 saturated carbocycles. The first-order chi connectivity index (χ1) is 16.9. The van der Waals surface area contributed by atoms with Crippen molar-refractivity contribution in [2.75, 3.05) is 5.32 Å². The van der Waals surface area contributed by atoms with Gasteiger partial charge in [-0.3, -0.25) is 4.79 Å². The molecule has 1 saturated heterocycles. The molecule has 2 heterocycles. The van der Waals surface area contributed by atoms with E-state index < -0.39 is 0 Å². The van der Waals surface area contributed by atoms with Gasteiger partial charge in [0.25, 0.3) is 5.91 Å². The van der Waals surface area contributed by atoms with Crippen molar-refractivity contribution in [3.05, 3.63) is 88.3 Å². The minimum Gasteiger partial charge on any atom is -0.356 e. The summed E-state index contributed by atoms with van der Waals surface area (Å²) >= 11 is 1.60. The molecule has 3 aromatic rings. The van der Waals surface area contributed by atoms with Gasteiger partial charge in [-0.2, -0.15) is 0 Å². The molecule has 0 radical (unpaired) electrons. The van der Waals surface area contributed by atoms with Gasteiger partial charge in [0.05, 0.1) is 4.91 Å². The summed E-state index contributed by atoms with van der Waals surface area (Å²) in [4.78, 5) is 16.7. The minimum atomic E-state index is -0.250. The van der Waals surface area contributed by atoms with Crippen LogP contribution in [0.4, 0.5) is 10.1 Å². The topological polar surface area (TPSA) is 37.3 Å². The second-order valence-corrected chi connectivity index (χ2v) is 10.8. The monoisotopic (exact) mass is 489 g/mol. The van der Waals surface area contributed by atoms with Crippen molar-refractivity contribution < 1.29 is 9.18 Å². The number of benzene rings is 2. The van der Waals surface area contributed by atoms with E-state index >= 15 is 0 Å². The van der Waals surface area contributed by atoms with Crippen LogP contribution in [0, 0.1) is 25.6 Å². The normalized spacial score (nSPS) is 23.8. The van der Waals surface area contributed by atoms with Crippen LogP contribution in [0.15, 0.2) is 65.6 Å². The molecule has 2 aliphatic rings. The van der Waals surface area contributed by atoms with Crippen molar-refractivity contribution in [1.29, 1.82) is 0 Å². The Morgan fingerprint density at radius 3 is 2.46 bits per heavy atom. The number of anilines is 1. The highest BCUT2D eigenvalue weighted by molar-refractivity contribution is 8.05. The zero-order valence-electron chi connectivity index (χ0n) is 20.5. The van der Waals surface area contributed by atoms with Crippen LogP contribution < -0.4 is 5.32 Å². The van der Waals surface area contributed by atoms with Crippen LogP contribution in [-0.2, 0) is 4.79 Å². The molecule has 6 heteroatoms. The van der Waals surface area contributed by atoms with E-state index in [2.05, 4.69) is 27.8 Å². The average Bonchev–Trinajstić information content (AvgIpc) is 3.30. The smallest absolute Gasteiger partial charge is 0.262 e. The van der Waals surface area contributed by atoms with Gasteiger partial charge >= 0.3 is 0 Å². The average molecular weight is 490 g/mol. The van der Waals surface area contributed by atoms with Crippen molar-refractivity contribution in [2.24, 2.45) is 5.92 Å². The Balaban J connectivity index is 1.49. The number of aryl methyl sites for hydroxylation is 1.